The molecule has 0 spiro atoms. The van der Waals surface area contributed by atoms with Crippen LogP contribution in [-0.2, 0) is 4.79 Å². The monoisotopic (exact) mass is 226 g/mol. The van der Waals surface area contributed by atoms with E-state index in [1.165, 1.54) is 12.8 Å². The Morgan fingerprint density at radius 3 is 2.38 bits per heavy atom. The van der Waals surface area contributed by atoms with Crippen molar-refractivity contribution in [2.45, 2.75) is 65.0 Å². The molecule has 3 nitrogen and oxygen atoms in total. The highest BCUT2D eigenvalue weighted by Gasteiger charge is 2.30. The molecule has 1 saturated carbocycles. The van der Waals surface area contributed by atoms with E-state index in [0.717, 1.165) is 25.2 Å². The molecule has 0 radical (unpaired) electrons. The lowest BCUT2D eigenvalue weighted by Crippen LogP contribution is -2.50. The number of hydrogen-bond donors (Lipinski definition) is 2. The van der Waals surface area contributed by atoms with Crippen LogP contribution in [0.1, 0.15) is 52.9 Å². The van der Waals surface area contributed by atoms with Crippen LogP contribution in [0.15, 0.2) is 0 Å². The molecule has 0 saturated heterocycles. The van der Waals surface area contributed by atoms with Crippen molar-refractivity contribution in [1.82, 2.24) is 5.32 Å². The maximum atomic E-state index is 11.5. The normalized spacial score (nSPS) is 29.7. The number of carbonyl (C=O) groups is 1. The van der Waals surface area contributed by atoms with Gasteiger partial charge in [-0.15, -0.1) is 0 Å². The summed E-state index contributed by atoms with van der Waals surface area (Å²) >= 11 is 0. The SMILES string of the molecule is CCC(C)NC(C(N)=O)C1CCC(C)CC1. The van der Waals surface area contributed by atoms with Crippen molar-refractivity contribution in [2.24, 2.45) is 17.6 Å². The first-order valence-corrected chi connectivity index (χ1v) is 6.60. The van der Waals surface area contributed by atoms with Crippen LogP contribution in [0.2, 0.25) is 0 Å². The number of nitrogens with two attached hydrogens (primary N) is 1. The van der Waals surface area contributed by atoms with Gasteiger partial charge in [0.15, 0.2) is 0 Å². The average molecular weight is 226 g/mol. The fourth-order valence-electron chi connectivity index (χ4n) is 2.49. The van der Waals surface area contributed by atoms with Crippen molar-refractivity contribution in [3.63, 3.8) is 0 Å². The zero-order valence-electron chi connectivity index (χ0n) is 10.8. The summed E-state index contributed by atoms with van der Waals surface area (Å²) in [4.78, 5) is 11.5. The fourth-order valence-corrected chi connectivity index (χ4v) is 2.49. The summed E-state index contributed by atoms with van der Waals surface area (Å²) in [5, 5.41) is 3.38. The van der Waals surface area contributed by atoms with Gasteiger partial charge in [-0.1, -0.05) is 26.7 Å². The van der Waals surface area contributed by atoms with E-state index >= 15 is 0 Å². The Bertz CT molecular complexity index is 222. The van der Waals surface area contributed by atoms with Crippen LogP contribution in [0.5, 0.6) is 0 Å². The van der Waals surface area contributed by atoms with Crippen molar-refractivity contribution in [3.8, 4) is 0 Å². The van der Waals surface area contributed by atoms with Gasteiger partial charge in [-0.25, -0.2) is 0 Å². The third-order valence-corrected chi connectivity index (χ3v) is 3.91. The maximum Gasteiger partial charge on any atom is 0.234 e. The Balaban J connectivity index is 2.53. The lowest BCUT2D eigenvalue weighted by atomic mass is 9.79. The van der Waals surface area contributed by atoms with E-state index < -0.39 is 0 Å². The highest BCUT2D eigenvalue weighted by atomic mass is 16.1. The zero-order valence-corrected chi connectivity index (χ0v) is 10.8. The summed E-state index contributed by atoms with van der Waals surface area (Å²) in [6.45, 7) is 6.53. The predicted molar refractivity (Wildman–Crippen MR) is 67.0 cm³/mol. The molecule has 0 aromatic heterocycles. The van der Waals surface area contributed by atoms with E-state index in [4.69, 9.17) is 5.73 Å². The lowest BCUT2D eigenvalue weighted by molar-refractivity contribution is -0.121. The highest BCUT2D eigenvalue weighted by molar-refractivity contribution is 5.80. The van der Waals surface area contributed by atoms with Gasteiger partial charge < -0.3 is 11.1 Å². The predicted octanol–water partition coefficient (Wildman–Crippen LogP) is 2.05. The molecule has 1 rings (SSSR count). The van der Waals surface area contributed by atoms with Gasteiger partial charge in [-0.2, -0.15) is 0 Å². The van der Waals surface area contributed by atoms with Gasteiger partial charge in [0.1, 0.15) is 0 Å². The van der Waals surface area contributed by atoms with Crippen LogP contribution in [0.4, 0.5) is 0 Å². The van der Waals surface area contributed by atoms with Crippen molar-refractivity contribution in [2.75, 3.05) is 0 Å². The molecule has 1 aliphatic rings. The van der Waals surface area contributed by atoms with Gasteiger partial charge >= 0.3 is 0 Å². The summed E-state index contributed by atoms with van der Waals surface area (Å²) in [5.74, 6) is 1.08. The smallest absolute Gasteiger partial charge is 0.234 e. The highest BCUT2D eigenvalue weighted by Crippen LogP contribution is 2.30. The van der Waals surface area contributed by atoms with Crippen LogP contribution in [-0.4, -0.2) is 18.0 Å². The largest absolute Gasteiger partial charge is 0.368 e. The molecule has 0 aliphatic heterocycles. The molecule has 1 aliphatic carbocycles. The molecule has 2 atom stereocenters. The maximum absolute atomic E-state index is 11.5. The Hall–Kier alpha value is -0.570. The van der Waals surface area contributed by atoms with Crippen molar-refractivity contribution >= 4 is 5.91 Å². The molecule has 3 heteroatoms. The third kappa shape index (κ3) is 3.78. The molecular weight excluding hydrogens is 200 g/mol. The molecule has 3 N–H and O–H groups in total. The van der Waals surface area contributed by atoms with Gasteiger partial charge in [0, 0.05) is 6.04 Å². The fraction of sp³-hybridized carbons (Fsp3) is 0.923. The van der Waals surface area contributed by atoms with Crippen LogP contribution in [0.25, 0.3) is 0 Å². The number of primary amides is 1. The van der Waals surface area contributed by atoms with Gasteiger partial charge in [-0.05, 0) is 38.0 Å². The molecule has 16 heavy (non-hydrogen) atoms. The summed E-state index contributed by atoms with van der Waals surface area (Å²) in [6.07, 6.45) is 5.77. The first kappa shape index (κ1) is 13.5. The van der Waals surface area contributed by atoms with Crippen LogP contribution < -0.4 is 11.1 Å². The lowest BCUT2D eigenvalue weighted by Gasteiger charge is -2.33. The summed E-state index contributed by atoms with van der Waals surface area (Å²) in [5.41, 5.74) is 5.50. The summed E-state index contributed by atoms with van der Waals surface area (Å²) in [7, 11) is 0. The second-order valence-electron chi connectivity index (χ2n) is 5.38. The minimum absolute atomic E-state index is 0.123. The van der Waals surface area contributed by atoms with E-state index in [-0.39, 0.29) is 11.9 Å². The molecule has 1 amide bonds. The van der Waals surface area contributed by atoms with E-state index in [1.807, 2.05) is 0 Å². The molecule has 2 unspecified atom stereocenters. The molecule has 0 aromatic rings. The first-order valence-electron chi connectivity index (χ1n) is 6.60. The molecule has 0 bridgehead atoms. The number of rotatable bonds is 5. The van der Waals surface area contributed by atoms with Crippen LogP contribution in [0, 0.1) is 11.8 Å². The average Bonchev–Trinajstić information content (AvgIpc) is 2.26. The summed E-state index contributed by atoms with van der Waals surface area (Å²) < 4.78 is 0. The number of hydrogen-bond acceptors (Lipinski definition) is 2. The van der Waals surface area contributed by atoms with E-state index in [0.29, 0.717) is 12.0 Å². The molecule has 0 heterocycles. The number of amides is 1. The second-order valence-corrected chi connectivity index (χ2v) is 5.38. The second kappa shape index (κ2) is 6.24. The van der Waals surface area contributed by atoms with Crippen molar-refractivity contribution in [3.05, 3.63) is 0 Å². The minimum Gasteiger partial charge on any atom is -0.368 e. The van der Waals surface area contributed by atoms with E-state index in [1.54, 1.807) is 0 Å². The van der Waals surface area contributed by atoms with E-state index in [2.05, 4.69) is 26.1 Å². The number of carbonyl (C=O) groups excluding carboxylic acids is 1. The van der Waals surface area contributed by atoms with E-state index in [9.17, 15) is 4.79 Å². The van der Waals surface area contributed by atoms with Gasteiger partial charge in [0.2, 0.25) is 5.91 Å². The standard InChI is InChI=1S/C13H26N2O/c1-4-10(3)15-12(13(14)16)11-7-5-9(2)6-8-11/h9-12,15H,4-8H2,1-3H3,(H2,14,16). The Labute approximate surface area is 99.2 Å². The third-order valence-electron chi connectivity index (χ3n) is 3.91. The quantitative estimate of drug-likeness (QED) is 0.754. The van der Waals surface area contributed by atoms with Gasteiger partial charge in [-0.3, -0.25) is 4.79 Å². The Morgan fingerprint density at radius 2 is 1.94 bits per heavy atom. The Kier molecular flexibility index (Phi) is 5.26. The molecular formula is C13H26N2O. The molecule has 0 aromatic carbocycles. The topological polar surface area (TPSA) is 55.1 Å². The molecule has 94 valence electrons. The zero-order chi connectivity index (χ0) is 12.1. The first-order chi connectivity index (χ1) is 7.54. The van der Waals surface area contributed by atoms with Crippen molar-refractivity contribution in [1.29, 1.82) is 0 Å². The Morgan fingerprint density at radius 1 is 1.38 bits per heavy atom. The minimum atomic E-state index is -0.181. The number of nitrogens with one attached hydrogen (secondary N) is 1. The summed E-state index contributed by atoms with van der Waals surface area (Å²) in [6, 6.07) is 0.249. The van der Waals surface area contributed by atoms with Crippen LogP contribution in [0.3, 0.4) is 0 Å². The van der Waals surface area contributed by atoms with Crippen molar-refractivity contribution < 1.29 is 4.79 Å². The van der Waals surface area contributed by atoms with Crippen LogP contribution >= 0.6 is 0 Å². The molecule has 1 fully saturated rings. The van der Waals surface area contributed by atoms with Gasteiger partial charge in [0.05, 0.1) is 6.04 Å². The van der Waals surface area contributed by atoms with Gasteiger partial charge in [0.25, 0.3) is 0 Å².